The lowest BCUT2D eigenvalue weighted by atomic mass is 10.1. The largest absolute Gasteiger partial charge is 0.379 e. The van der Waals surface area contributed by atoms with Gasteiger partial charge in [-0.25, -0.2) is 0 Å². The van der Waals surface area contributed by atoms with Gasteiger partial charge in [-0.15, -0.1) is 11.3 Å². The SMILES string of the molecule is Cc1cc(C)cc(NC(=O)C(=O)NC[C@H](c2cccs2)N2CCOCC2)c1. The molecule has 0 unspecified atom stereocenters. The zero-order valence-corrected chi connectivity index (χ0v) is 16.5. The van der Waals surface area contributed by atoms with Crippen LogP contribution in [0.3, 0.4) is 0 Å². The van der Waals surface area contributed by atoms with Gasteiger partial charge < -0.3 is 15.4 Å². The van der Waals surface area contributed by atoms with E-state index < -0.39 is 11.8 Å². The highest BCUT2D eigenvalue weighted by Crippen LogP contribution is 2.25. The average Bonchev–Trinajstić information content (AvgIpc) is 3.16. The Morgan fingerprint density at radius 3 is 2.48 bits per heavy atom. The minimum absolute atomic E-state index is 0.0480. The van der Waals surface area contributed by atoms with E-state index in [2.05, 4.69) is 21.6 Å². The standard InChI is InChI=1S/C20H25N3O3S/c1-14-10-15(2)12-16(11-14)22-20(25)19(24)21-13-17(18-4-3-9-27-18)23-5-7-26-8-6-23/h3-4,9-12,17H,5-8,13H2,1-2H3,(H,21,24)(H,22,25)/t17-/m1/s1. The van der Waals surface area contributed by atoms with Gasteiger partial charge in [0.05, 0.1) is 19.3 Å². The van der Waals surface area contributed by atoms with Gasteiger partial charge in [0.15, 0.2) is 0 Å². The second-order valence-electron chi connectivity index (χ2n) is 6.72. The molecule has 0 radical (unpaired) electrons. The maximum absolute atomic E-state index is 12.3. The zero-order valence-electron chi connectivity index (χ0n) is 15.7. The van der Waals surface area contributed by atoms with Gasteiger partial charge in [0, 0.05) is 30.2 Å². The van der Waals surface area contributed by atoms with Crippen molar-refractivity contribution in [3.8, 4) is 0 Å². The highest BCUT2D eigenvalue weighted by atomic mass is 32.1. The molecule has 1 aromatic carbocycles. The molecule has 3 rings (SSSR count). The van der Waals surface area contributed by atoms with Crippen molar-refractivity contribution >= 4 is 28.8 Å². The zero-order chi connectivity index (χ0) is 19.2. The number of amides is 2. The molecular formula is C20H25N3O3S. The van der Waals surface area contributed by atoms with E-state index in [9.17, 15) is 9.59 Å². The fourth-order valence-electron chi connectivity index (χ4n) is 3.28. The van der Waals surface area contributed by atoms with Crippen LogP contribution in [0.1, 0.15) is 22.0 Å². The Morgan fingerprint density at radius 2 is 1.85 bits per heavy atom. The van der Waals surface area contributed by atoms with Crippen LogP contribution >= 0.6 is 11.3 Å². The molecule has 2 heterocycles. The molecular weight excluding hydrogens is 362 g/mol. The van der Waals surface area contributed by atoms with Crippen LogP contribution in [0.2, 0.25) is 0 Å². The van der Waals surface area contributed by atoms with Gasteiger partial charge >= 0.3 is 11.8 Å². The summed E-state index contributed by atoms with van der Waals surface area (Å²) in [6.45, 7) is 7.29. The van der Waals surface area contributed by atoms with Crippen LogP contribution in [0.25, 0.3) is 0 Å². The first-order valence-electron chi connectivity index (χ1n) is 9.05. The number of rotatable bonds is 5. The Balaban J connectivity index is 1.60. The number of morpholine rings is 1. The van der Waals surface area contributed by atoms with Gasteiger partial charge in [0.25, 0.3) is 0 Å². The van der Waals surface area contributed by atoms with Crippen LogP contribution in [-0.4, -0.2) is 49.6 Å². The van der Waals surface area contributed by atoms with E-state index in [4.69, 9.17) is 4.74 Å². The number of thiophene rings is 1. The summed E-state index contributed by atoms with van der Waals surface area (Å²) in [4.78, 5) is 28.0. The monoisotopic (exact) mass is 387 g/mol. The summed E-state index contributed by atoms with van der Waals surface area (Å²) in [7, 11) is 0. The van der Waals surface area contributed by atoms with Crippen LogP contribution in [0.15, 0.2) is 35.7 Å². The number of nitrogens with zero attached hydrogens (tertiary/aromatic N) is 1. The van der Waals surface area contributed by atoms with E-state index in [-0.39, 0.29) is 6.04 Å². The first-order valence-corrected chi connectivity index (χ1v) is 9.93. The van der Waals surface area contributed by atoms with E-state index in [1.807, 2.05) is 43.5 Å². The van der Waals surface area contributed by atoms with Gasteiger partial charge in [-0.2, -0.15) is 0 Å². The summed E-state index contributed by atoms with van der Waals surface area (Å²) >= 11 is 1.66. The molecule has 0 bridgehead atoms. The van der Waals surface area contributed by atoms with E-state index >= 15 is 0 Å². The molecule has 1 aliphatic rings. The van der Waals surface area contributed by atoms with Crippen molar-refractivity contribution in [2.45, 2.75) is 19.9 Å². The summed E-state index contributed by atoms with van der Waals surface area (Å²) < 4.78 is 5.43. The number of nitrogens with one attached hydrogen (secondary N) is 2. The van der Waals surface area contributed by atoms with Gasteiger partial charge in [-0.3, -0.25) is 14.5 Å². The van der Waals surface area contributed by atoms with Crippen LogP contribution in [0, 0.1) is 13.8 Å². The second-order valence-corrected chi connectivity index (χ2v) is 7.70. The number of carbonyl (C=O) groups excluding carboxylic acids is 2. The molecule has 7 heteroatoms. The molecule has 27 heavy (non-hydrogen) atoms. The van der Waals surface area contributed by atoms with Crippen LogP contribution in [-0.2, 0) is 14.3 Å². The molecule has 0 saturated carbocycles. The predicted octanol–water partition coefficient (Wildman–Crippen LogP) is 2.49. The third kappa shape index (κ3) is 5.38. The Labute approximate surface area is 163 Å². The summed E-state index contributed by atoms with van der Waals surface area (Å²) in [6.07, 6.45) is 0. The number of hydrogen-bond acceptors (Lipinski definition) is 5. The Bertz CT molecular complexity index is 766. The van der Waals surface area contributed by atoms with Crippen molar-refractivity contribution in [2.24, 2.45) is 0 Å². The quantitative estimate of drug-likeness (QED) is 0.774. The lowest BCUT2D eigenvalue weighted by Gasteiger charge is -2.34. The summed E-state index contributed by atoms with van der Waals surface area (Å²) in [5.41, 5.74) is 2.71. The highest BCUT2D eigenvalue weighted by molar-refractivity contribution is 7.10. The summed E-state index contributed by atoms with van der Waals surface area (Å²) in [5.74, 6) is -1.27. The van der Waals surface area contributed by atoms with E-state index in [0.29, 0.717) is 25.4 Å². The maximum Gasteiger partial charge on any atom is 0.313 e. The van der Waals surface area contributed by atoms with Crippen LogP contribution in [0.4, 0.5) is 5.69 Å². The van der Waals surface area contributed by atoms with Gasteiger partial charge in [0.2, 0.25) is 0 Å². The molecule has 1 aliphatic heterocycles. The summed E-state index contributed by atoms with van der Waals surface area (Å²) in [6, 6.07) is 9.82. The normalized spacial score (nSPS) is 15.9. The minimum atomic E-state index is -0.646. The summed E-state index contributed by atoms with van der Waals surface area (Å²) in [5, 5.41) is 7.50. The number of aryl methyl sites for hydroxylation is 2. The lowest BCUT2D eigenvalue weighted by molar-refractivity contribution is -0.136. The van der Waals surface area contributed by atoms with Crippen molar-refractivity contribution in [2.75, 3.05) is 38.2 Å². The molecule has 1 atom stereocenters. The molecule has 6 nitrogen and oxygen atoms in total. The van der Waals surface area contributed by atoms with Crippen molar-refractivity contribution in [3.63, 3.8) is 0 Å². The predicted molar refractivity (Wildman–Crippen MR) is 107 cm³/mol. The first-order chi connectivity index (χ1) is 13.0. The third-order valence-electron chi connectivity index (χ3n) is 4.50. The van der Waals surface area contributed by atoms with Gasteiger partial charge in [-0.1, -0.05) is 12.1 Å². The molecule has 0 spiro atoms. The lowest BCUT2D eigenvalue weighted by Crippen LogP contribution is -2.45. The Kier molecular flexibility index (Phi) is 6.60. The van der Waals surface area contributed by atoms with Gasteiger partial charge in [0.1, 0.15) is 0 Å². The van der Waals surface area contributed by atoms with Crippen molar-refractivity contribution in [1.82, 2.24) is 10.2 Å². The van der Waals surface area contributed by atoms with E-state index in [1.165, 1.54) is 4.88 Å². The van der Waals surface area contributed by atoms with Crippen molar-refractivity contribution in [1.29, 1.82) is 0 Å². The van der Waals surface area contributed by atoms with Gasteiger partial charge in [-0.05, 0) is 48.6 Å². The molecule has 0 aliphatic carbocycles. The van der Waals surface area contributed by atoms with E-state index in [0.717, 1.165) is 24.2 Å². The topological polar surface area (TPSA) is 70.7 Å². The second kappa shape index (κ2) is 9.12. The van der Waals surface area contributed by atoms with Crippen LogP contribution in [0.5, 0.6) is 0 Å². The fourth-order valence-corrected chi connectivity index (χ4v) is 4.14. The third-order valence-corrected chi connectivity index (χ3v) is 5.47. The smallest absolute Gasteiger partial charge is 0.313 e. The molecule has 144 valence electrons. The first kappa shape index (κ1) is 19.5. The van der Waals surface area contributed by atoms with Crippen molar-refractivity contribution < 1.29 is 14.3 Å². The molecule has 1 saturated heterocycles. The Morgan fingerprint density at radius 1 is 1.15 bits per heavy atom. The molecule has 2 aromatic rings. The molecule has 2 amide bonds. The van der Waals surface area contributed by atoms with Crippen LogP contribution < -0.4 is 10.6 Å². The molecule has 1 aromatic heterocycles. The van der Waals surface area contributed by atoms with E-state index in [1.54, 1.807) is 11.3 Å². The molecule has 1 fully saturated rings. The number of anilines is 1. The number of ether oxygens (including phenoxy) is 1. The fraction of sp³-hybridized carbons (Fsp3) is 0.400. The van der Waals surface area contributed by atoms with Crippen molar-refractivity contribution in [3.05, 3.63) is 51.7 Å². The molecule has 2 N–H and O–H groups in total. The average molecular weight is 388 g/mol. The minimum Gasteiger partial charge on any atom is -0.379 e. The number of benzene rings is 1. The highest BCUT2D eigenvalue weighted by Gasteiger charge is 2.25. The number of hydrogen-bond donors (Lipinski definition) is 2. The Hall–Kier alpha value is -2.22. The number of carbonyl (C=O) groups is 2. The maximum atomic E-state index is 12.3.